The Bertz CT molecular complexity index is 456. The van der Waals surface area contributed by atoms with Crippen LogP contribution in [0.4, 0.5) is 0 Å². The highest BCUT2D eigenvalue weighted by atomic mass is 32.1. The number of thiophene rings is 2. The summed E-state index contributed by atoms with van der Waals surface area (Å²) in [5.41, 5.74) is 6.21. The predicted octanol–water partition coefficient (Wildman–Crippen LogP) is 3.92. The van der Waals surface area contributed by atoms with Gasteiger partial charge in [-0.05, 0) is 37.6 Å². The number of hydrogen-bond acceptors (Lipinski definition) is 3. The first-order chi connectivity index (χ1) is 7.69. The minimum atomic E-state index is 0.155. The van der Waals surface area contributed by atoms with E-state index in [4.69, 9.17) is 5.73 Å². The van der Waals surface area contributed by atoms with Gasteiger partial charge in [0.1, 0.15) is 0 Å². The highest BCUT2D eigenvalue weighted by Gasteiger charge is 2.10. The van der Waals surface area contributed by atoms with E-state index in [9.17, 15) is 0 Å². The first-order valence-corrected chi connectivity index (χ1v) is 7.22. The second-order valence-corrected chi connectivity index (χ2v) is 6.55. The van der Waals surface area contributed by atoms with Crippen LogP contribution in [0, 0.1) is 6.92 Å². The average molecular weight is 251 g/mol. The van der Waals surface area contributed by atoms with Crippen LogP contribution >= 0.6 is 22.7 Å². The van der Waals surface area contributed by atoms with E-state index in [0.717, 1.165) is 12.8 Å². The van der Waals surface area contributed by atoms with Gasteiger partial charge in [0, 0.05) is 32.0 Å². The lowest BCUT2D eigenvalue weighted by Crippen LogP contribution is -2.10. The third-order valence-electron chi connectivity index (χ3n) is 2.61. The number of aryl methyl sites for hydroxylation is 2. The van der Waals surface area contributed by atoms with Crippen molar-refractivity contribution in [2.24, 2.45) is 5.73 Å². The molecule has 86 valence electrons. The van der Waals surface area contributed by atoms with Crippen molar-refractivity contribution in [1.82, 2.24) is 0 Å². The third-order valence-corrected chi connectivity index (χ3v) is 5.00. The Kier molecular flexibility index (Phi) is 3.79. The summed E-state index contributed by atoms with van der Waals surface area (Å²) in [6, 6.07) is 8.88. The summed E-state index contributed by atoms with van der Waals surface area (Å²) in [6.07, 6.45) is 2.09. The molecule has 0 aromatic carbocycles. The van der Waals surface area contributed by atoms with E-state index >= 15 is 0 Å². The van der Waals surface area contributed by atoms with Crippen molar-refractivity contribution in [3.63, 3.8) is 0 Å². The van der Waals surface area contributed by atoms with E-state index in [1.165, 1.54) is 19.5 Å². The zero-order chi connectivity index (χ0) is 11.5. The summed E-state index contributed by atoms with van der Waals surface area (Å²) in [5, 5.41) is 0. The molecule has 16 heavy (non-hydrogen) atoms. The summed E-state index contributed by atoms with van der Waals surface area (Å²) in [7, 11) is 0. The Labute approximate surface area is 105 Å². The third kappa shape index (κ3) is 2.73. The number of rotatable bonds is 4. The van der Waals surface area contributed by atoms with Gasteiger partial charge in [-0.25, -0.2) is 0 Å². The maximum Gasteiger partial charge on any atom is 0.0438 e. The number of hydrogen-bond donors (Lipinski definition) is 1. The van der Waals surface area contributed by atoms with E-state index in [0.29, 0.717) is 0 Å². The molecule has 3 heteroatoms. The first-order valence-electron chi connectivity index (χ1n) is 5.58. The molecule has 0 saturated carbocycles. The lowest BCUT2D eigenvalue weighted by molar-refractivity contribution is 0.745. The van der Waals surface area contributed by atoms with Crippen LogP contribution in [-0.4, -0.2) is 0 Å². The van der Waals surface area contributed by atoms with Crippen LogP contribution < -0.4 is 5.73 Å². The minimum absolute atomic E-state index is 0.155. The van der Waals surface area contributed by atoms with Crippen LogP contribution in [0.5, 0.6) is 0 Å². The van der Waals surface area contributed by atoms with E-state index in [2.05, 4.69) is 38.1 Å². The van der Waals surface area contributed by atoms with E-state index in [-0.39, 0.29) is 6.04 Å². The van der Waals surface area contributed by atoms with E-state index < -0.39 is 0 Å². The standard InChI is InChI=1S/C13H17NS2/c1-3-10-5-6-11(16-10)8-12(14)13-7-4-9(2)15-13/h4-7,12H,3,8,14H2,1-2H3. The van der Waals surface area contributed by atoms with Gasteiger partial charge in [0.15, 0.2) is 0 Å². The molecule has 0 spiro atoms. The van der Waals surface area contributed by atoms with Crippen LogP contribution in [-0.2, 0) is 12.8 Å². The Morgan fingerprint density at radius 3 is 2.44 bits per heavy atom. The largest absolute Gasteiger partial charge is 0.323 e. The van der Waals surface area contributed by atoms with Crippen molar-refractivity contribution in [2.45, 2.75) is 32.7 Å². The summed E-state index contributed by atoms with van der Waals surface area (Å²) in [4.78, 5) is 5.48. The van der Waals surface area contributed by atoms with Crippen molar-refractivity contribution >= 4 is 22.7 Å². The quantitative estimate of drug-likeness (QED) is 0.875. The Morgan fingerprint density at radius 1 is 1.12 bits per heavy atom. The zero-order valence-corrected chi connectivity index (χ0v) is 11.3. The molecule has 2 rings (SSSR count). The normalized spacial score (nSPS) is 12.9. The summed E-state index contributed by atoms with van der Waals surface area (Å²) in [6.45, 7) is 4.32. The molecule has 2 aromatic heterocycles. The monoisotopic (exact) mass is 251 g/mol. The maximum atomic E-state index is 6.21. The molecule has 0 amide bonds. The molecule has 2 aromatic rings. The maximum absolute atomic E-state index is 6.21. The smallest absolute Gasteiger partial charge is 0.0438 e. The highest BCUT2D eigenvalue weighted by molar-refractivity contribution is 7.12. The molecule has 1 atom stereocenters. The summed E-state index contributed by atoms with van der Waals surface area (Å²) in [5.74, 6) is 0. The van der Waals surface area contributed by atoms with Crippen LogP contribution in [0.1, 0.15) is 32.5 Å². The fraction of sp³-hybridized carbons (Fsp3) is 0.385. The lowest BCUT2D eigenvalue weighted by atomic mass is 10.1. The molecule has 0 aliphatic heterocycles. The molecule has 0 bridgehead atoms. The molecule has 2 N–H and O–H groups in total. The van der Waals surface area contributed by atoms with Crippen LogP contribution in [0.2, 0.25) is 0 Å². The molecule has 0 fully saturated rings. The van der Waals surface area contributed by atoms with Crippen molar-refractivity contribution in [2.75, 3.05) is 0 Å². The average Bonchev–Trinajstić information content (AvgIpc) is 2.87. The fourth-order valence-electron chi connectivity index (χ4n) is 1.69. The summed E-state index contributed by atoms with van der Waals surface area (Å²) >= 11 is 3.69. The van der Waals surface area contributed by atoms with Crippen LogP contribution in [0.25, 0.3) is 0 Å². The topological polar surface area (TPSA) is 26.0 Å². The molecule has 0 aliphatic rings. The number of nitrogens with two attached hydrogens (primary N) is 1. The van der Waals surface area contributed by atoms with Crippen molar-refractivity contribution < 1.29 is 0 Å². The molecule has 0 saturated heterocycles. The molecule has 1 unspecified atom stereocenters. The van der Waals surface area contributed by atoms with Gasteiger partial charge >= 0.3 is 0 Å². The van der Waals surface area contributed by atoms with E-state index in [1.807, 2.05) is 22.7 Å². The van der Waals surface area contributed by atoms with E-state index in [1.54, 1.807) is 0 Å². The van der Waals surface area contributed by atoms with Gasteiger partial charge in [0.2, 0.25) is 0 Å². The Morgan fingerprint density at radius 2 is 1.88 bits per heavy atom. The fourth-order valence-corrected chi connectivity index (χ4v) is 3.59. The van der Waals surface area contributed by atoms with Crippen LogP contribution in [0.3, 0.4) is 0 Å². The van der Waals surface area contributed by atoms with Gasteiger partial charge in [-0.1, -0.05) is 6.92 Å². The second-order valence-electron chi connectivity index (χ2n) is 3.98. The zero-order valence-electron chi connectivity index (χ0n) is 9.69. The van der Waals surface area contributed by atoms with Crippen molar-refractivity contribution in [1.29, 1.82) is 0 Å². The Hall–Kier alpha value is -0.640. The van der Waals surface area contributed by atoms with Crippen molar-refractivity contribution in [3.05, 3.63) is 43.8 Å². The second kappa shape index (κ2) is 5.13. The van der Waals surface area contributed by atoms with Gasteiger partial charge < -0.3 is 5.73 Å². The first kappa shape index (κ1) is 11.8. The molecular weight excluding hydrogens is 234 g/mol. The van der Waals surface area contributed by atoms with Gasteiger partial charge in [-0.2, -0.15) is 0 Å². The van der Waals surface area contributed by atoms with Gasteiger partial charge in [0.05, 0.1) is 0 Å². The lowest BCUT2D eigenvalue weighted by Gasteiger charge is -2.07. The minimum Gasteiger partial charge on any atom is -0.323 e. The molecular formula is C13H17NS2. The van der Waals surface area contributed by atoms with Crippen LogP contribution in [0.15, 0.2) is 24.3 Å². The molecule has 1 nitrogen and oxygen atoms in total. The molecule has 2 heterocycles. The Balaban J connectivity index is 2.04. The predicted molar refractivity (Wildman–Crippen MR) is 73.4 cm³/mol. The summed E-state index contributed by atoms with van der Waals surface area (Å²) < 4.78 is 0. The SMILES string of the molecule is CCc1ccc(CC(N)c2ccc(C)s2)s1. The highest BCUT2D eigenvalue weighted by Crippen LogP contribution is 2.26. The molecule has 0 radical (unpaired) electrons. The van der Waals surface area contributed by atoms with Gasteiger partial charge in [-0.15, -0.1) is 22.7 Å². The van der Waals surface area contributed by atoms with Gasteiger partial charge in [-0.3, -0.25) is 0 Å². The molecule has 0 aliphatic carbocycles. The van der Waals surface area contributed by atoms with Crippen molar-refractivity contribution in [3.8, 4) is 0 Å². The van der Waals surface area contributed by atoms with Gasteiger partial charge in [0.25, 0.3) is 0 Å².